The first-order valence-electron chi connectivity index (χ1n) is 5.29. The second kappa shape index (κ2) is 5.97. The molecule has 1 aromatic rings. The zero-order valence-corrected chi connectivity index (χ0v) is 9.96. The van der Waals surface area contributed by atoms with Gasteiger partial charge in [-0.25, -0.2) is 0 Å². The maximum absolute atomic E-state index is 11.1. The highest BCUT2D eigenvalue weighted by Crippen LogP contribution is 2.19. The van der Waals surface area contributed by atoms with Crippen LogP contribution in [0.1, 0.15) is 36.2 Å². The van der Waals surface area contributed by atoms with Crippen LogP contribution in [0.25, 0.3) is 0 Å². The molecular weight excluding hydrogens is 200 g/mol. The lowest BCUT2D eigenvalue weighted by atomic mass is 10.1. The molecule has 84 valence electrons. The van der Waals surface area contributed by atoms with E-state index in [9.17, 15) is 4.79 Å². The predicted molar refractivity (Wildman–Crippen MR) is 64.7 cm³/mol. The maximum Gasteiger partial charge on any atom is 0.159 e. The summed E-state index contributed by atoms with van der Waals surface area (Å²) in [6.07, 6.45) is 0.727. The molecular formula is C14H16O2. The quantitative estimate of drug-likeness (QED) is 0.439. The van der Waals surface area contributed by atoms with Crippen molar-refractivity contribution in [3.8, 4) is 17.6 Å². The molecule has 2 nitrogen and oxygen atoms in total. The number of aryl methyl sites for hydroxylation is 1. The number of Topliss-reactive ketones (excluding diaryl/α,β-unsaturated/α-hetero) is 1. The van der Waals surface area contributed by atoms with Crippen LogP contribution < -0.4 is 4.74 Å². The number of ether oxygens (including phenoxy) is 1. The molecule has 0 bridgehead atoms. The summed E-state index contributed by atoms with van der Waals surface area (Å²) in [5, 5.41) is 0. The Morgan fingerprint density at radius 3 is 2.75 bits per heavy atom. The summed E-state index contributed by atoms with van der Waals surface area (Å²) < 4.78 is 5.56. The van der Waals surface area contributed by atoms with Gasteiger partial charge in [0, 0.05) is 12.0 Å². The van der Waals surface area contributed by atoms with Crippen molar-refractivity contribution < 1.29 is 9.53 Å². The van der Waals surface area contributed by atoms with Gasteiger partial charge in [-0.1, -0.05) is 0 Å². The highest BCUT2D eigenvalue weighted by atomic mass is 16.5. The molecule has 0 spiro atoms. The molecule has 16 heavy (non-hydrogen) atoms. The molecule has 1 aromatic carbocycles. The number of hydrogen-bond acceptors (Lipinski definition) is 2. The molecule has 0 saturated heterocycles. The van der Waals surface area contributed by atoms with Crippen molar-refractivity contribution in [2.75, 3.05) is 6.61 Å². The third kappa shape index (κ3) is 3.43. The van der Waals surface area contributed by atoms with Crippen molar-refractivity contribution in [3.05, 3.63) is 29.3 Å². The molecule has 0 saturated carbocycles. The average molecular weight is 216 g/mol. The van der Waals surface area contributed by atoms with Gasteiger partial charge in [0.2, 0.25) is 0 Å². The first kappa shape index (κ1) is 12.3. The molecule has 0 fully saturated rings. The molecule has 0 radical (unpaired) electrons. The van der Waals surface area contributed by atoms with Crippen molar-refractivity contribution in [1.82, 2.24) is 0 Å². The molecule has 0 aliphatic carbocycles. The van der Waals surface area contributed by atoms with Crippen molar-refractivity contribution in [2.24, 2.45) is 0 Å². The largest absolute Gasteiger partial charge is 0.492 e. The van der Waals surface area contributed by atoms with Gasteiger partial charge in [-0.2, -0.15) is 0 Å². The van der Waals surface area contributed by atoms with E-state index in [0.29, 0.717) is 6.61 Å². The number of carbonyl (C=O) groups excluding carboxylic acids is 1. The molecule has 0 aliphatic heterocycles. The standard InChI is InChI=1S/C14H16O2/c1-4-5-6-9-16-14-8-7-13(12(3)15)10-11(14)2/h7-8,10H,6,9H2,1-3H3. The van der Waals surface area contributed by atoms with Gasteiger partial charge in [-0.05, 0) is 44.5 Å². The molecule has 2 heteroatoms. The van der Waals surface area contributed by atoms with Gasteiger partial charge in [0.25, 0.3) is 0 Å². The molecule has 0 N–H and O–H groups in total. The van der Waals surface area contributed by atoms with Crippen LogP contribution in [-0.2, 0) is 0 Å². The molecule has 0 aliphatic rings. The van der Waals surface area contributed by atoms with Crippen LogP contribution in [0.4, 0.5) is 0 Å². The summed E-state index contributed by atoms with van der Waals surface area (Å²) in [6, 6.07) is 5.48. The maximum atomic E-state index is 11.1. The third-order valence-corrected chi connectivity index (χ3v) is 2.24. The Morgan fingerprint density at radius 2 is 2.19 bits per heavy atom. The normalized spacial score (nSPS) is 9.19. The molecule has 1 rings (SSSR count). The minimum atomic E-state index is 0.0755. The predicted octanol–water partition coefficient (Wildman–Crippen LogP) is 2.99. The fourth-order valence-corrected chi connectivity index (χ4v) is 1.37. The van der Waals surface area contributed by atoms with E-state index in [4.69, 9.17) is 4.74 Å². The van der Waals surface area contributed by atoms with E-state index in [1.807, 2.05) is 26.0 Å². The summed E-state index contributed by atoms with van der Waals surface area (Å²) in [5.74, 6) is 6.65. The molecule has 0 aromatic heterocycles. The van der Waals surface area contributed by atoms with Crippen LogP contribution in [0, 0.1) is 18.8 Å². The van der Waals surface area contributed by atoms with Crippen molar-refractivity contribution >= 4 is 5.78 Å². The number of hydrogen-bond donors (Lipinski definition) is 0. The van der Waals surface area contributed by atoms with Gasteiger partial charge >= 0.3 is 0 Å². The van der Waals surface area contributed by atoms with E-state index >= 15 is 0 Å². The SMILES string of the molecule is CC#CCCOc1ccc(C(C)=O)cc1C. The van der Waals surface area contributed by atoms with Crippen molar-refractivity contribution in [2.45, 2.75) is 27.2 Å². The summed E-state index contributed by atoms with van der Waals surface area (Å²) in [7, 11) is 0. The van der Waals surface area contributed by atoms with Crippen molar-refractivity contribution in [3.63, 3.8) is 0 Å². The van der Waals surface area contributed by atoms with Gasteiger partial charge in [-0.3, -0.25) is 4.79 Å². The number of ketones is 1. The Hall–Kier alpha value is -1.75. The van der Waals surface area contributed by atoms with Crippen LogP contribution >= 0.6 is 0 Å². The van der Waals surface area contributed by atoms with Crippen LogP contribution in [0.3, 0.4) is 0 Å². The summed E-state index contributed by atoms with van der Waals surface area (Å²) >= 11 is 0. The fourth-order valence-electron chi connectivity index (χ4n) is 1.37. The molecule has 0 atom stereocenters. The zero-order chi connectivity index (χ0) is 12.0. The van der Waals surface area contributed by atoms with E-state index < -0.39 is 0 Å². The number of rotatable bonds is 4. The van der Waals surface area contributed by atoms with Crippen molar-refractivity contribution in [1.29, 1.82) is 0 Å². The topological polar surface area (TPSA) is 26.3 Å². The van der Waals surface area contributed by atoms with E-state index in [1.165, 1.54) is 0 Å². The van der Waals surface area contributed by atoms with E-state index in [2.05, 4.69) is 11.8 Å². The lowest BCUT2D eigenvalue weighted by Crippen LogP contribution is -1.99. The summed E-state index contributed by atoms with van der Waals surface area (Å²) in [5.41, 5.74) is 1.70. The minimum Gasteiger partial charge on any atom is -0.492 e. The second-order valence-electron chi connectivity index (χ2n) is 3.56. The minimum absolute atomic E-state index is 0.0755. The first-order chi connectivity index (χ1) is 7.65. The Kier molecular flexibility index (Phi) is 4.60. The lowest BCUT2D eigenvalue weighted by Gasteiger charge is -2.08. The Balaban J connectivity index is 2.67. The second-order valence-corrected chi connectivity index (χ2v) is 3.56. The zero-order valence-electron chi connectivity index (χ0n) is 9.96. The highest BCUT2D eigenvalue weighted by molar-refractivity contribution is 5.94. The molecule has 0 amide bonds. The Bertz CT molecular complexity index is 436. The summed E-state index contributed by atoms with van der Waals surface area (Å²) in [6.45, 7) is 5.90. The Morgan fingerprint density at radius 1 is 1.44 bits per heavy atom. The molecule has 0 heterocycles. The van der Waals surface area contributed by atoms with Crippen LogP contribution in [0.2, 0.25) is 0 Å². The monoisotopic (exact) mass is 216 g/mol. The van der Waals surface area contributed by atoms with Gasteiger partial charge in [0.1, 0.15) is 5.75 Å². The number of benzene rings is 1. The van der Waals surface area contributed by atoms with Gasteiger partial charge in [0.05, 0.1) is 6.61 Å². The fraction of sp³-hybridized carbons (Fsp3) is 0.357. The lowest BCUT2D eigenvalue weighted by molar-refractivity contribution is 0.101. The van der Waals surface area contributed by atoms with Gasteiger partial charge in [0.15, 0.2) is 5.78 Å². The van der Waals surface area contributed by atoms with Gasteiger partial charge < -0.3 is 4.74 Å². The van der Waals surface area contributed by atoms with Crippen LogP contribution in [-0.4, -0.2) is 12.4 Å². The van der Waals surface area contributed by atoms with Gasteiger partial charge in [-0.15, -0.1) is 11.8 Å². The van der Waals surface area contributed by atoms with E-state index in [1.54, 1.807) is 13.0 Å². The smallest absolute Gasteiger partial charge is 0.159 e. The van der Waals surface area contributed by atoms with E-state index in [0.717, 1.165) is 23.3 Å². The third-order valence-electron chi connectivity index (χ3n) is 2.24. The van der Waals surface area contributed by atoms with Crippen LogP contribution in [0.15, 0.2) is 18.2 Å². The Labute approximate surface area is 96.6 Å². The number of carbonyl (C=O) groups is 1. The average Bonchev–Trinajstić information content (AvgIpc) is 2.26. The summed E-state index contributed by atoms with van der Waals surface area (Å²) in [4.78, 5) is 11.1. The highest BCUT2D eigenvalue weighted by Gasteiger charge is 2.03. The van der Waals surface area contributed by atoms with E-state index in [-0.39, 0.29) is 5.78 Å². The van der Waals surface area contributed by atoms with Crippen LogP contribution in [0.5, 0.6) is 5.75 Å². The molecule has 0 unspecified atom stereocenters. The first-order valence-corrected chi connectivity index (χ1v) is 5.29.